The maximum atomic E-state index is 13.9. The molecule has 194 valence electrons. The molecule has 4 aromatic rings. The third-order valence-electron chi connectivity index (χ3n) is 7.37. The zero-order valence-corrected chi connectivity index (χ0v) is 21.3. The Labute approximate surface area is 222 Å². The molecule has 0 unspecified atom stereocenters. The molecule has 2 atom stereocenters. The van der Waals surface area contributed by atoms with Gasteiger partial charge in [0, 0.05) is 30.4 Å². The van der Waals surface area contributed by atoms with E-state index in [-0.39, 0.29) is 24.1 Å². The number of para-hydroxylation sites is 1. The van der Waals surface area contributed by atoms with E-state index in [1.165, 1.54) is 0 Å². The first kappa shape index (κ1) is 25.6. The van der Waals surface area contributed by atoms with Gasteiger partial charge in [-0.25, -0.2) is 9.78 Å². The number of benzene rings is 3. The molecular formula is C32H32N2O4. The number of carbonyl (C=O) groups is 2. The summed E-state index contributed by atoms with van der Waals surface area (Å²) in [5.41, 5.74) is -0.195. The summed E-state index contributed by atoms with van der Waals surface area (Å²) in [6, 6.07) is 27.5. The van der Waals surface area contributed by atoms with Crippen molar-refractivity contribution in [2.75, 3.05) is 0 Å². The molecular weight excluding hydrogens is 476 g/mol. The van der Waals surface area contributed by atoms with Gasteiger partial charge in [0.05, 0.1) is 0 Å². The van der Waals surface area contributed by atoms with Crippen molar-refractivity contribution in [3.05, 3.63) is 120 Å². The molecule has 1 heterocycles. The second-order valence-corrected chi connectivity index (χ2v) is 9.84. The van der Waals surface area contributed by atoms with Crippen LogP contribution < -0.4 is 0 Å². The first-order valence-corrected chi connectivity index (χ1v) is 13.2. The lowest BCUT2D eigenvalue weighted by Gasteiger charge is -2.36. The van der Waals surface area contributed by atoms with E-state index in [9.17, 15) is 14.7 Å². The zero-order valence-electron chi connectivity index (χ0n) is 21.3. The minimum atomic E-state index is -2.07. The molecule has 6 nitrogen and oxygen atoms in total. The lowest BCUT2D eigenvalue weighted by atomic mass is 9.74. The van der Waals surface area contributed by atoms with Crippen molar-refractivity contribution in [3.8, 4) is 5.69 Å². The lowest BCUT2D eigenvalue weighted by molar-refractivity contribution is -0.177. The number of hydrogen-bond acceptors (Lipinski definition) is 5. The van der Waals surface area contributed by atoms with Crippen molar-refractivity contribution in [2.45, 2.75) is 56.1 Å². The third kappa shape index (κ3) is 5.31. The second kappa shape index (κ2) is 11.6. The van der Waals surface area contributed by atoms with Gasteiger partial charge >= 0.3 is 5.97 Å². The third-order valence-corrected chi connectivity index (χ3v) is 7.37. The van der Waals surface area contributed by atoms with Crippen LogP contribution >= 0.6 is 0 Å². The first-order valence-electron chi connectivity index (χ1n) is 13.2. The van der Waals surface area contributed by atoms with Gasteiger partial charge in [0.15, 0.2) is 17.2 Å². The predicted molar refractivity (Wildman–Crippen MR) is 145 cm³/mol. The summed E-state index contributed by atoms with van der Waals surface area (Å²) in [4.78, 5) is 32.1. The van der Waals surface area contributed by atoms with Gasteiger partial charge in [-0.1, -0.05) is 85.3 Å². The Hall–Kier alpha value is -4.03. The monoisotopic (exact) mass is 508 g/mol. The molecule has 1 fully saturated rings. The average Bonchev–Trinajstić information content (AvgIpc) is 3.48. The molecule has 1 N–H and O–H groups in total. The summed E-state index contributed by atoms with van der Waals surface area (Å²) >= 11 is 0. The van der Waals surface area contributed by atoms with Crippen LogP contribution in [0, 0.1) is 0 Å². The van der Waals surface area contributed by atoms with Crippen LogP contribution in [0.2, 0.25) is 0 Å². The van der Waals surface area contributed by atoms with Crippen LogP contribution in [0.25, 0.3) is 5.69 Å². The van der Waals surface area contributed by atoms with E-state index < -0.39 is 17.5 Å². The van der Waals surface area contributed by atoms with Crippen molar-refractivity contribution in [3.63, 3.8) is 0 Å². The molecule has 38 heavy (non-hydrogen) atoms. The summed E-state index contributed by atoms with van der Waals surface area (Å²) in [6.45, 7) is 0. The Bertz CT molecular complexity index is 1350. The number of aromatic nitrogens is 2. The van der Waals surface area contributed by atoms with Crippen LogP contribution in [0.5, 0.6) is 0 Å². The fourth-order valence-corrected chi connectivity index (χ4v) is 5.35. The SMILES string of the molecule is O=C(C[C@@H](c1ccccc1)[C@](O)(C(=O)OC1CCCCC1)c1ccccc1)c1nccn1-c1ccccc1. The van der Waals surface area contributed by atoms with Gasteiger partial charge in [-0.3, -0.25) is 9.36 Å². The van der Waals surface area contributed by atoms with Gasteiger partial charge < -0.3 is 9.84 Å². The van der Waals surface area contributed by atoms with Crippen molar-refractivity contribution in [2.24, 2.45) is 0 Å². The highest BCUT2D eigenvalue weighted by atomic mass is 16.6. The molecule has 1 saturated carbocycles. The highest BCUT2D eigenvalue weighted by Gasteiger charge is 2.49. The Balaban J connectivity index is 1.55. The van der Waals surface area contributed by atoms with E-state index in [1.54, 1.807) is 41.2 Å². The highest BCUT2D eigenvalue weighted by Crippen LogP contribution is 2.42. The van der Waals surface area contributed by atoms with Gasteiger partial charge in [-0.2, -0.15) is 0 Å². The molecule has 0 spiro atoms. The molecule has 0 saturated heterocycles. The molecule has 3 aromatic carbocycles. The molecule has 0 bridgehead atoms. The average molecular weight is 509 g/mol. The minimum absolute atomic E-state index is 0.140. The number of ether oxygens (including phenoxy) is 1. The standard InChI is InChI=1S/C32H32N2O4/c35-29(30-33-21-22-34(30)26-17-9-3-10-18-26)23-28(24-13-5-1-6-14-24)32(37,25-15-7-2-8-16-25)31(36)38-27-19-11-4-12-20-27/h1-3,5-10,13-18,21-22,27-28,37H,4,11-12,19-20,23H2/t28-,32-/m0/s1. The molecule has 0 aliphatic heterocycles. The summed E-state index contributed by atoms with van der Waals surface area (Å²) in [6.07, 6.45) is 7.59. The molecule has 1 aromatic heterocycles. The first-order chi connectivity index (χ1) is 18.6. The van der Waals surface area contributed by atoms with Crippen molar-refractivity contribution in [1.29, 1.82) is 0 Å². The van der Waals surface area contributed by atoms with Crippen LogP contribution in [-0.2, 0) is 15.1 Å². The van der Waals surface area contributed by atoms with Crippen LogP contribution in [-0.4, -0.2) is 32.5 Å². The molecule has 5 rings (SSSR count). The fraction of sp³-hybridized carbons (Fsp3) is 0.281. The Morgan fingerprint density at radius 1 is 0.895 bits per heavy atom. The maximum Gasteiger partial charge on any atom is 0.343 e. The van der Waals surface area contributed by atoms with Crippen LogP contribution in [0.15, 0.2) is 103 Å². The fourth-order valence-electron chi connectivity index (χ4n) is 5.35. The molecule has 6 heteroatoms. The second-order valence-electron chi connectivity index (χ2n) is 9.84. The number of carbonyl (C=O) groups excluding carboxylic acids is 2. The Morgan fingerprint density at radius 3 is 2.16 bits per heavy atom. The number of esters is 1. The van der Waals surface area contributed by atoms with Gasteiger partial charge in [0.2, 0.25) is 0 Å². The molecule has 0 radical (unpaired) electrons. The largest absolute Gasteiger partial charge is 0.460 e. The van der Waals surface area contributed by atoms with E-state index in [1.807, 2.05) is 66.7 Å². The summed E-state index contributed by atoms with van der Waals surface area (Å²) in [5.74, 6) is -1.65. The van der Waals surface area contributed by atoms with E-state index >= 15 is 0 Å². The number of aliphatic hydroxyl groups is 1. The molecule has 1 aliphatic carbocycles. The van der Waals surface area contributed by atoms with Crippen molar-refractivity contribution in [1.82, 2.24) is 9.55 Å². The molecule has 0 amide bonds. The summed E-state index contributed by atoms with van der Waals surface area (Å²) < 4.78 is 7.69. The van der Waals surface area contributed by atoms with Crippen molar-refractivity contribution >= 4 is 11.8 Å². The van der Waals surface area contributed by atoms with Gasteiger partial charge in [0.1, 0.15) is 6.10 Å². The normalized spacial score (nSPS) is 16.3. The van der Waals surface area contributed by atoms with Crippen LogP contribution in [0.3, 0.4) is 0 Å². The topological polar surface area (TPSA) is 81.4 Å². The minimum Gasteiger partial charge on any atom is -0.460 e. The van der Waals surface area contributed by atoms with Crippen LogP contribution in [0.1, 0.15) is 66.2 Å². The Kier molecular flexibility index (Phi) is 7.80. The van der Waals surface area contributed by atoms with E-state index in [0.717, 1.165) is 37.8 Å². The van der Waals surface area contributed by atoms with Gasteiger partial charge in [0.25, 0.3) is 0 Å². The van der Waals surface area contributed by atoms with Gasteiger partial charge in [-0.05, 0) is 48.9 Å². The van der Waals surface area contributed by atoms with E-state index in [2.05, 4.69) is 4.98 Å². The number of rotatable bonds is 9. The Morgan fingerprint density at radius 2 is 1.50 bits per heavy atom. The number of imidazole rings is 1. The zero-order chi connectivity index (χ0) is 26.4. The number of hydrogen-bond donors (Lipinski definition) is 1. The van der Waals surface area contributed by atoms with Gasteiger partial charge in [-0.15, -0.1) is 0 Å². The summed E-state index contributed by atoms with van der Waals surface area (Å²) in [5, 5.41) is 12.4. The summed E-state index contributed by atoms with van der Waals surface area (Å²) in [7, 11) is 0. The quantitative estimate of drug-likeness (QED) is 0.222. The number of ketones is 1. The highest BCUT2D eigenvalue weighted by molar-refractivity contribution is 5.95. The van der Waals surface area contributed by atoms with E-state index in [4.69, 9.17) is 4.74 Å². The number of nitrogens with zero attached hydrogens (tertiary/aromatic N) is 2. The molecule has 1 aliphatic rings. The van der Waals surface area contributed by atoms with Crippen LogP contribution in [0.4, 0.5) is 0 Å². The predicted octanol–water partition coefficient (Wildman–Crippen LogP) is 5.99. The smallest absolute Gasteiger partial charge is 0.343 e. The maximum absolute atomic E-state index is 13.9. The van der Waals surface area contributed by atoms with E-state index in [0.29, 0.717) is 11.1 Å². The number of Topliss-reactive ketones (excluding diaryl/α,β-unsaturated/α-hetero) is 1. The lowest BCUT2D eigenvalue weighted by Crippen LogP contribution is -2.45. The van der Waals surface area contributed by atoms with Crippen molar-refractivity contribution < 1.29 is 19.4 Å².